The fourth-order valence-electron chi connectivity index (χ4n) is 3.56. The van der Waals surface area contributed by atoms with E-state index in [0.29, 0.717) is 24.1 Å². The van der Waals surface area contributed by atoms with Crippen molar-refractivity contribution in [2.45, 2.75) is 55.4 Å². The number of hydrogen-bond acceptors (Lipinski definition) is 5. The fourth-order valence-corrected chi connectivity index (χ4v) is 5.87. The molecule has 9 heteroatoms. The van der Waals surface area contributed by atoms with Crippen LogP contribution in [0.4, 0.5) is 0 Å². The SMILES string of the molecule is Cc1ccc(S(=O)(=O)n2cc(S(N)(=O)=O)c3c2CC(C(C)(C)O)CC3)cc1. The Bertz CT molecular complexity index is 1080. The summed E-state index contributed by atoms with van der Waals surface area (Å²) in [4.78, 5) is -0.0976. The third-order valence-electron chi connectivity index (χ3n) is 5.21. The summed E-state index contributed by atoms with van der Waals surface area (Å²) in [6.45, 7) is 5.19. The number of hydrogen-bond donors (Lipinski definition) is 2. The van der Waals surface area contributed by atoms with Crippen LogP contribution in [0.25, 0.3) is 0 Å². The maximum Gasteiger partial charge on any atom is 0.267 e. The smallest absolute Gasteiger partial charge is 0.267 e. The molecular weight excluding hydrogens is 388 g/mol. The highest BCUT2D eigenvalue weighted by atomic mass is 32.2. The molecule has 0 aliphatic heterocycles. The second-order valence-electron chi connectivity index (χ2n) is 7.67. The zero-order chi connectivity index (χ0) is 20.2. The van der Waals surface area contributed by atoms with E-state index in [2.05, 4.69) is 0 Å². The van der Waals surface area contributed by atoms with E-state index >= 15 is 0 Å². The standard InChI is InChI=1S/C18H24N2O5S2/c1-12-4-7-14(8-5-12)27(24,25)20-11-17(26(19,22)23)15-9-6-13(10-16(15)20)18(2,3)21/h4-5,7-8,11,13,21H,6,9-10H2,1-3H3,(H2,19,22,23). The Labute approximate surface area is 159 Å². The molecule has 1 aliphatic carbocycles. The first-order chi connectivity index (χ1) is 12.3. The van der Waals surface area contributed by atoms with Crippen LogP contribution in [0.15, 0.2) is 40.3 Å². The summed E-state index contributed by atoms with van der Waals surface area (Å²) in [5.41, 5.74) is 0.699. The summed E-state index contributed by atoms with van der Waals surface area (Å²) in [6.07, 6.45) is 2.24. The molecule has 3 N–H and O–H groups in total. The summed E-state index contributed by atoms with van der Waals surface area (Å²) >= 11 is 0. The molecule has 1 aromatic heterocycles. The molecule has 0 fully saturated rings. The van der Waals surface area contributed by atoms with Crippen LogP contribution in [0.2, 0.25) is 0 Å². The zero-order valence-electron chi connectivity index (χ0n) is 15.5. The van der Waals surface area contributed by atoms with Crippen LogP contribution < -0.4 is 5.14 Å². The van der Waals surface area contributed by atoms with Gasteiger partial charge in [0.2, 0.25) is 10.0 Å². The van der Waals surface area contributed by atoms with Gasteiger partial charge in [0.05, 0.1) is 10.5 Å². The van der Waals surface area contributed by atoms with E-state index in [-0.39, 0.29) is 22.1 Å². The number of fused-ring (bicyclic) bond motifs is 1. The van der Waals surface area contributed by atoms with Gasteiger partial charge < -0.3 is 5.11 Å². The maximum atomic E-state index is 13.2. The average Bonchev–Trinajstić information content (AvgIpc) is 2.94. The number of sulfonamides is 1. The van der Waals surface area contributed by atoms with Crippen molar-refractivity contribution in [3.05, 3.63) is 47.3 Å². The third kappa shape index (κ3) is 3.69. The summed E-state index contributed by atoms with van der Waals surface area (Å²) in [7, 11) is -8.06. The van der Waals surface area contributed by atoms with Crippen LogP contribution in [-0.4, -0.2) is 31.5 Å². The molecule has 1 unspecified atom stereocenters. The Hall–Kier alpha value is -1.68. The first-order valence-electron chi connectivity index (χ1n) is 8.62. The topological polar surface area (TPSA) is 119 Å². The fraction of sp³-hybridized carbons (Fsp3) is 0.444. The Morgan fingerprint density at radius 1 is 1.15 bits per heavy atom. The number of nitrogens with two attached hydrogens (primary N) is 1. The third-order valence-corrected chi connectivity index (χ3v) is 7.89. The van der Waals surface area contributed by atoms with Crippen molar-refractivity contribution in [3.63, 3.8) is 0 Å². The normalized spacial score (nSPS) is 18.3. The number of rotatable bonds is 4. The Kier molecular flexibility index (Phi) is 4.79. The van der Waals surface area contributed by atoms with E-state index in [1.165, 1.54) is 12.1 Å². The molecule has 27 heavy (non-hydrogen) atoms. The van der Waals surface area contributed by atoms with E-state index in [4.69, 9.17) is 5.14 Å². The number of primary sulfonamides is 1. The minimum atomic E-state index is -4.07. The average molecular weight is 413 g/mol. The molecule has 7 nitrogen and oxygen atoms in total. The van der Waals surface area contributed by atoms with E-state index in [1.807, 2.05) is 6.92 Å². The largest absolute Gasteiger partial charge is 0.390 e. The van der Waals surface area contributed by atoms with Crippen molar-refractivity contribution < 1.29 is 21.9 Å². The van der Waals surface area contributed by atoms with Crippen molar-refractivity contribution in [3.8, 4) is 0 Å². The van der Waals surface area contributed by atoms with Crippen molar-refractivity contribution in [2.24, 2.45) is 11.1 Å². The minimum absolute atomic E-state index is 0.0669. The van der Waals surface area contributed by atoms with E-state index in [1.54, 1.807) is 26.0 Å². The summed E-state index contributed by atoms with van der Waals surface area (Å²) in [5.74, 6) is -0.194. The second kappa shape index (κ2) is 6.44. The van der Waals surface area contributed by atoms with Gasteiger partial charge in [-0.3, -0.25) is 0 Å². The van der Waals surface area contributed by atoms with Crippen molar-refractivity contribution in [2.75, 3.05) is 0 Å². The van der Waals surface area contributed by atoms with Crippen molar-refractivity contribution >= 4 is 20.0 Å². The Balaban J connectivity index is 2.22. The number of aryl methyl sites for hydroxylation is 1. The van der Waals surface area contributed by atoms with Gasteiger partial charge in [-0.25, -0.2) is 25.9 Å². The highest BCUT2D eigenvalue weighted by Crippen LogP contribution is 2.37. The summed E-state index contributed by atoms with van der Waals surface area (Å²) in [6, 6.07) is 6.35. The lowest BCUT2D eigenvalue weighted by molar-refractivity contribution is 0.0104. The number of aliphatic hydroxyl groups is 1. The van der Waals surface area contributed by atoms with Gasteiger partial charge >= 0.3 is 0 Å². The van der Waals surface area contributed by atoms with Crippen LogP contribution in [0, 0.1) is 12.8 Å². The number of aromatic nitrogens is 1. The van der Waals surface area contributed by atoms with E-state index < -0.39 is 25.6 Å². The summed E-state index contributed by atoms with van der Waals surface area (Å²) in [5, 5.41) is 15.7. The van der Waals surface area contributed by atoms with E-state index in [0.717, 1.165) is 15.7 Å². The molecule has 0 bridgehead atoms. The van der Waals surface area contributed by atoms with Crippen LogP contribution in [-0.2, 0) is 32.9 Å². The van der Waals surface area contributed by atoms with Crippen molar-refractivity contribution in [1.82, 2.24) is 3.97 Å². The minimum Gasteiger partial charge on any atom is -0.390 e. The quantitative estimate of drug-likeness (QED) is 0.790. The highest BCUT2D eigenvalue weighted by molar-refractivity contribution is 7.90. The molecule has 1 heterocycles. The molecule has 3 rings (SSSR count). The molecule has 0 saturated carbocycles. The van der Waals surface area contributed by atoms with Crippen LogP contribution in [0.1, 0.15) is 37.1 Å². The van der Waals surface area contributed by atoms with Gasteiger partial charge in [-0.2, -0.15) is 0 Å². The second-order valence-corrected chi connectivity index (χ2v) is 11.0. The molecule has 2 aromatic rings. The molecule has 0 radical (unpaired) electrons. The van der Waals surface area contributed by atoms with Gasteiger partial charge in [-0.15, -0.1) is 0 Å². The number of benzene rings is 1. The predicted octanol–water partition coefficient (Wildman–Crippen LogP) is 1.56. The lowest BCUT2D eigenvalue weighted by Gasteiger charge is -2.33. The first kappa shape index (κ1) is 20.1. The summed E-state index contributed by atoms with van der Waals surface area (Å²) < 4.78 is 51.4. The van der Waals surface area contributed by atoms with Gasteiger partial charge in [-0.05, 0) is 63.6 Å². The molecular formula is C18H24N2O5S2. The molecule has 1 atom stereocenters. The maximum absolute atomic E-state index is 13.2. The van der Waals surface area contributed by atoms with Crippen LogP contribution in [0.5, 0.6) is 0 Å². The Morgan fingerprint density at radius 3 is 2.26 bits per heavy atom. The van der Waals surface area contributed by atoms with Gasteiger partial charge in [0, 0.05) is 11.9 Å². The van der Waals surface area contributed by atoms with Crippen molar-refractivity contribution in [1.29, 1.82) is 0 Å². The molecule has 0 saturated heterocycles. The van der Waals surface area contributed by atoms with Gasteiger partial charge in [0.25, 0.3) is 10.0 Å². The molecule has 148 valence electrons. The lowest BCUT2D eigenvalue weighted by Crippen LogP contribution is -2.36. The zero-order valence-corrected chi connectivity index (χ0v) is 17.1. The van der Waals surface area contributed by atoms with Crippen LogP contribution in [0.3, 0.4) is 0 Å². The predicted molar refractivity (Wildman–Crippen MR) is 101 cm³/mol. The molecule has 0 spiro atoms. The van der Waals surface area contributed by atoms with Gasteiger partial charge in [-0.1, -0.05) is 17.7 Å². The lowest BCUT2D eigenvalue weighted by atomic mass is 9.78. The van der Waals surface area contributed by atoms with Gasteiger partial charge in [0.15, 0.2) is 0 Å². The first-order valence-corrected chi connectivity index (χ1v) is 11.6. The van der Waals surface area contributed by atoms with Gasteiger partial charge in [0.1, 0.15) is 4.90 Å². The molecule has 0 amide bonds. The number of nitrogens with zero attached hydrogens (tertiary/aromatic N) is 1. The molecule has 1 aliphatic rings. The van der Waals surface area contributed by atoms with Crippen LogP contribution >= 0.6 is 0 Å². The van der Waals surface area contributed by atoms with E-state index in [9.17, 15) is 21.9 Å². The highest BCUT2D eigenvalue weighted by Gasteiger charge is 2.37. The monoisotopic (exact) mass is 412 g/mol. The molecule has 1 aromatic carbocycles. The Morgan fingerprint density at radius 2 is 1.74 bits per heavy atom.